The lowest BCUT2D eigenvalue weighted by Crippen LogP contribution is -2.17. The number of nitrogens with one attached hydrogen (secondary N) is 1. The predicted octanol–water partition coefficient (Wildman–Crippen LogP) is 4.10. The van der Waals surface area contributed by atoms with Crippen molar-refractivity contribution in [2.45, 2.75) is 25.8 Å². The molecule has 80 valence electrons. The van der Waals surface area contributed by atoms with Gasteiger partial charge in [0, 0.05) is 21.8 Å². The highest BCUT2D eigenvalue weighted by Gasteiger charge is 2.06. The molecule has 0 heterocycles. The van der Waals surface area contributed by atoms with Crippen LogP contribution in [0, 0.1) is 11.3 Å². The SMILES string of the molecule is CCC(CC#N)Nc1cc(Cl)cc(Cl)c1. The largest absolute Gasteiger partial charge is 0.381 e. The van der Waals surface area contributed by atoms with Gasteiger partial charge in [0.15, 0.2) is 0 Å². The summed E-state index contributed by atoms with van der Waals surface area (Å²) in [5.41, 5.74) is 0.856. The number of nitrogens with zero attached hydrogens (tertiary/aromatic N) is 1. The smallest absolute Gasteiger partial charge is 0.0643 e. The first-order valence-electron chi connectivity index (χ1n) is 4.75. The Morgan fingerprint density at radius 2 is 1.93 bits per heavy atom. The summed E-state index contributed by atoms with van der Waals surface area (Å²) in [7, 11) is 0. The van der Waals surface area contributed by atoms with Crippen molar-refractivity contribution in [1.82, 2.24) is 0 Å². The van der Waals surface area contributed by atoms with E-state index in [1.54, 1.807) is 18.2 Å². The number of anilines is 1. The summed E-state index contributed by atoms with van der Waals surface area (Å²) in [4.78, 5) is 0. The average molecular weight is 243 g/mol. The van der Waals surface area contributed by atoms with Crippen molar-refractivity contribution in [3.63, 3.8) is 0 Å². The van der Waals surface area contributed by atoms with Gasteiger partial charge < -0.3 is 5.32 Å². The maximum atomic E-state index is 8.61. The van der Waals surface area contributed by atoms with Gasteiger partial charge in [-0.25, -0.2) is 0 Å². The number of hydrogen-bond donors (Lipinski definition) is 1. The van der Waals surface area contributed by atoms with Gasteiger partial charge >= 0.3 is 0 Å². The van der Waals surface area contributed by atoms with Crippen molar-refractivity contribution in [3.8, 4) is 6.07 Å². The molecular weight excluding hydrogens is 231 g/mol. The third-order valence-electron chi connectivity index (χ3n) is 2.06. The molecule has 0 fully saturated rings. The molecule has 0 saturated carbocycles. The zero-order valence-electron chi connectivity index (χ0n) is 8.43. The molecule has 0 aliphatic carbocycles. The van der Waals surface area contributed by atoms with Crippen LogP contribution in [0.2, 0.25) is 10.0 Å². The van der Waals surface area contributed by atoms with Crippen molar-refractivity contribution in [3.05, 3.63) is 28.2 Å². The first-order chi connectivity index (χ1) is 7.15. The molecule has 1 atom stereocenters. The van der Waals surface area contributed by atoms with Crippen LogP contribution in [0.15, 0.2) is 18.2 Å². The minimum atomic E-state index is 0.143. The molecule has 0 radical (unpaired) electrons. The summed E-state index contributed by atoms with van der Waals surface area (Å²) < 4.78 is 0. The minimum Gasteiger partial charge on any atom is -0.381 e. The maximum absolute atomic E-state index is 8.61. The van der Waals surface area contributed by atoms with Gasteiger partial charge in [0.25, 0.3) is 0 Å². The zero-order chi connectivity index (χ0) is 11.3. The second kappa shape index (κ2) is 5.85. The second-order valence-electron chi connectivity index (χ2n) is 3.27. The first-order valence-corrected chi connectivity index (χ1v) is 5.51. The summed E-state index contributed by atoms with van der Waals surface area (Å²) in [6, 6.07) is 7.56. The Balaban J connectivity index is 2.75. The second-order valence-corrected chi connectivity index (χ2v) is 4.14. The van der Waals surface area contributed by atoms with Crippen LogP contribution in [-0.2, 0) is 0 Å². The fourth-order valence-corrected chi connectivity index (χ4v) is 1.81. The highest BCUT2D eigenvalue weighted by atomic mass is 35.5. The molecule has 0 bridgehead atoms. The number of halogens is 2. The molecule has 1 aromatic rings. The summed E-state index contributed by atoms with van der Waals surface area (Å²) in [6.45, 7) is 2.03. The van der Waals surface area contributed by atoms with Crippen molar-refractivity contribution < 1.29 is 0 Å². The lowest BCUT2D eigenvalue weighted by Gasteiger charge is -2.15. The molecule has 1 N–H and O–H groups in total. The number of rotatable bonds is 4. The van der Waals surface area contributed by atoms with Gasteiger partial charge in [-0.05, 0) is 24.6 Å². The molecular formula is C11H12Cl2N2. The molecule has 2 nitrogen and oxygen atoms in total. The van der Waals surface area contributed by atoms with Gasteiger partial charge in [-0.1, -0.05) is 30.1 Å². The van der Waals surface area contributed by atoms with Crippen LogP contribution in [0.1, 0.15) is 19.8 Å². The number of hydrogen-bond acceptors (Lipinski definition) is 2. The van der Waals surface area contributed by atoms with E-state index in [2.05, 4.69) is 11.4 Å². The fraction of sp³-hybridized carbons (Fsp3) is 0.364. The Labute approximate surface area is 99.8 Å². The average Bonchev–Trinajstić information content (AvgIpc) is 2.15. The van der Waals surface area contributed by atoms with E-state index >= 15 is 0 Å². The van der Waals surface area contributed by atoms with Gasteiger partial charge in [0.1, 0.15) is 0 Å². The lowest BCUT2D eigenvalue weighted by atomic mass is 10.1. The van der Waals surface area contributed by atoms with Crippen LogP contribution >= 0.6 is 23.2 Å². The van der Waals surface area contributed by atoms with Crippen molar-refractivity contribution in [2.24, 2.45) is 0 Å². The molecule has 0 aliphatic rings. The van der Waals surface area contributed by atoms with E-state index in [4.69, 9.17) is 28.5 Å². The molecule has 1 unspecified atom stereocenters. The van der Waals surface area contributed by atoms with E-state index in [1.807, 2.05) is 6.92 Å². The molecule has 0 amide bonds. The summed E-state index contributed by atoms with van der Waals surface area (Å²) in [6.07, 6.45) is 1.36. The normalized spacial score (nSPS) is 11.9. The van der Waals surface area contributed by atoms with Gasteiger partial charge in [-0.3, -0.25) is 0 Å². The molecule has 1 rings (SSSR count). The molecule has 0 aromatic heterocycles. The Bertz CT molecular complexity index is 351. The van der Waals surface area contributed by atoms with Crippen LogP contribution < -0.4 is 5.32 Å². The van der Waals surface area contributed by atoms with E-state index in [0.717, 1.165) is 12.1 Å². The lowest BCUT2D eigenvalue weighted by molar-refractivity contribution is 0.711. The Morgan fingerprint density at radius 3 is 2.40 bits per heavy atom. The van der Waals surface area contributed by atoms with E-state index in [0.29, 0.717) is 16.5 Å². The van der Waals surface area contributed by atoms with E-state index < -0.39 is 0 Å². The Hall–Kier alpha value is -0.910. The quantitative estimate of drug-likeness (QED) is 0.864. The molecule has 4 heteroatoms. The monoisotopic (exact) mass is 242 g/mol. The predicted molar refractivity (Wildman–Crippen MR) is 64.4 cm³/mol. The van der Waals surface area contributed by atoms with Crippen LogP contribution in [-0.4, -0.2) is 6.04 Å². The van der Waals surface area contributed by atoms with Gasteiger partial charge in [0.05, 0.1) is 12.5 Å². The third kappa shape index (κ3) is 3.99. The Kier molecular flexibility index (Phi) is 4.74. The number of nitriles is 1. The van der Waals surface area contributed by atoms with Crippen LogP contribution in [0.4, 0.5) is 5.69 Å². The van der Waals surface area contributed by atoms with Gasteiger partial charge in [0.2, 0.25) is 0 Å². The van der Waals surface area contributed by atoms with Gasteiger partial charge in [-0.15, -0.1) is 0 Å². The third-order valence-corrected chi connectivity index (χ3v) is 2.50. The summed E-state index contributed by atoms with van der Waals surface area (Å²) in [5, 5.41) is 13.0. The van der Waals surface area contributed by atoms with Gasteiger partial charge in [-0.2, -0.15) is 5.26 Å². The fourth-order valence-electron chi connectivity index (χ4n) is 1.28. The minimum absolute atomic E-state index is 0.143. The zero-order valence-corrected chi connectivity index (χ0v) is 9.94. The van der Waals surface area contributed by atoms with Crippen molar-refractivity contribution in [2.75, 3.05) is 5.32 Å². The first kappa shape index (κ1) is 12.2. The van der Waals surface area contributed by atoms with Crippen LogP contribution in [0.5, 0.6) is 0 Å². The standard InChI is InChI=1S/C11H12Cl2N2/c1-2-10(3-4-14)15-11-6-8(12)5-9(13)7-11/h5-7,10,15H,2-3H2,1H3. The maximum Gasteiger partial charge on any atom is 0.0643 e. The summed E-state index contributed by atoms with van der Waals surface area (Å²) in [5.74, 6) is 0. The highest BCUT2D eigenvalue weighted by Crippen LogP contribution is 2.23. The van der Waals surface area contributed by atoms with E-state index in [-0.39, 0.29) is 6.04 Å². The van der Waals surface area contributed by atoms with Crippen molar-refractivity contribution in [1.29, 1.82) is 5.26 Å². The van der Waals surface area contributed by atoms with Crippen LogP contribution in [0.25, 0.3) is 0 Å². The molecule has 1 aromatic carbocycles. The van der Waals surface area contributed by atoms with Crippen LogP contribution in [0.3, 0.4) is 0 Å². The topological polar surface area (TPSA) is 35.8 Å². The molecule has 0 spiro atoms. The molecule has 0 saturated heterocycles. The van der Waals surface area contributed by atoms with E-state index in [9.17, 15) is 0 Å². The van der Waals surface area contributed by atoms with Crippen molar-refractivity contribution >= 4 is 28.9 Å². The highest BCUT2D eigenvalue weighted by molar-refractivity contribution is 6.35. The van der Waals surface area contributed by atoms with E-state index in [1.165, 1.54) is 0 Å². The molecule has 0 aliphatic heterocycles. The summed E-state index contributed by atoms with van der Waals surface area (Å²) >= 11 is 11.7. The Morgan fingerprint density at radius 1 is 1.33 bits per heavy atom. The number of benzene rings is 1. The molecule has 15 heavy (non-hydrogen) atoms.